The van der Waals surface area contributed by atoms with Crippen LogP contribution in [0.25, 0.3) is 10.9 Å². The summed E-state index contributed by atoms with van der Waals surface area (Å²) in [5.74, 6) is -4.07. The predicted octanol–water partition coefficient (Wildman–Crippen LogP) is 3.37. The van der Waals surface area contributed by atoms with E-state index in [1.54, 1.807) is 11.5 Å². The molecule has 0 unspecified atom stereocenters. The minimum atomic E-state index is -1.51. The average Bonchev–Trinajstić information content (AvgIpc) is 3.20. The maximum atomic E-state index is 14.0. The van der Waals surface area contributed by atoms with Crippen LogP contribution < -0.4 is 5.43 Å². The van der Waals surface area contributed by atoms with Crippen molar-refractivity contribution in [3.63, 3.8) is 0 Å². The molecule has 1 fully saturated rings. The predicted molar refractivity (Wildman–Crippen MR) is 65.8 cm³/mol. The first-order chi connectivity index (χ1) is 8.93. The molecule has 19 heavy (non-hydrogen) atoms. The second-order valence-electron chi connectivity index (χ2n) is 5.07. The van der Waals surface area contributed by atoms with Crippen LogP contribution in [0.2, 0.25) is 0 Å². The lowest BCUT2D eigenvalue weighted by Crippen LogP contribution is -2.16. The molecule has 2 aromatic rings. The van der Waals surface area contributed by atoms with E-state index in [4.69, 9.17) is 0 Å². The van der Waals surface area contributed by atoms with Crippen molar-refractivity contribution < 1.29 is 13.2 Å². The van der Waals surface area contributed by atoms with E-state index in [2.05, 4.69) is 0 Å². The van der Waals surface area contributed by atoms with Crippen molar-refractivity contribution in [2.75, 3.05) is 0 Å². The van der Waals surface area contributed by atoms with Crippen molar-refractivity contribution in [3.05, 3.63) is 45.0 Å². The fourth-order valence-corrected chi connectivity index (χ4v) is 2.45. The SMILES string of the molecule is Cc1cn(C2CC2)c2c(F)c(F)c(F)c(C)c2c1=O. The van der Waals surface area contributed by atoms with Crippen molar-refractivity contribution in [1.82, 2.24) is 4.57 Å². The number of benzene rings is 1. The molecule has 1 aromatic heterocycles. The Kier molecular flexibility index (Phi) is 2.49. The first-order valence-electron chi connectivity index (χ1n) is 6.12. The first kappa shape index (κ1) is 12.3. The number of hydrogen-bond acceptors (Lipinski definition) is 1. The summed E-state index contributed by atoms with van der Waals surface area (Å²) in [5, 5.41) is -0.0525. The molecule has 0 aliphatic heterocycles. The summed E-state index contributed by atoms with van der Waals surface area (Å²) >= 11 is 0. The van der Waals surface area contributed by atoms with Crippen LogP contribution in [0.4, 0.5) is 13.2 Å². The van der Waals surface area contributed by atoms with Crippen LogP contribution in [0.3, 0.4) is 0 Å². The second kappa shape index (κ2) is 3.85. The fourth-order valence-electron chi connectivity index (χ4n) is 2.45. The maximum absolute atomic E-state index is 14.0. The summed E-state index contributed by atoms with van der Waals surface area (Å²) < 4.78 is 42.8. The van der Waals surface area contributed by atoms with Crippen LogP contribution >= 0.6 is 0 Å². The molecule has 2 nitrogen and oxygen atoms in total. The number of pyridine rings is 1. The number of nitrogens with zero attached hydrogens (tertiary/aromatic N) is 1. The quantitative estimate of drug-likeness (QED) is 0.726. The van der Waals surface area contributed by atoms with Crippen molar-refractivity contribution >= 4 is 10.9 Å². The van der Waals surface area contributed by atoms with Crippen molar-refractivity contribution in [1.29, 1.82) is 0 Å². The van der Waals surface area contributed by atoms with Gasteiger partial charge >= 0.3 is 0 Å². The Hall–Kier alpha value is -1.78. The van der Waals surface area contributed by atoms with Crippen molar-refractivity contribution in [2.24, 2.45) is 0 Å². The zero-order valence-electron chi connectivity index (χ0n) is 10.6. The fraction of sp³-hybridized carbons (Fsp3) is 0.357. The van der Waals surface area contributed by atoms with E-state index < -0.39 is 22.9 Å². The lowest BCUT2D eigenvalue weighted by molar-refractivity contribution is 0.446. The van der Waals surface area contributed by atoms with E-state index in [-0.39, 0.29) is 22.5 Å². The summed E-state index contributed by atoms with van der Waals surface area (Å²) in [7, 11) is 0. The minimum Gasteiger partial charge on any atom is -0.341 e. The molecular weight excluding hydrogens is 255 g/mol. The van der Waals surface area contributed by atoms with E-state index in [0.29, 0.717) is 5.56 Å². The summed E-state index contributed by atoms with van der Waals surface area (Å²) in [6.07, 6.45) is 3.24. The molecule has 1 aromatic carbocycles. The molecule has 1 heterocycles. The number of aromatic nitrogens is 1. The largest absolute Gasteiger partial charge is 0.341 e. The second-order valence-corrected chi connectivity index (χ2v) is 5.07. The van der Waals surface area contributed by atoms with Gasteiger partial charge in [-0.3, -0.25) is 4.79 Å². The molecule has 0 bridgehead atoms. The van der Waals surface area contributed by atoms with E-state index in [9.17, 15) is 18.0 Å². The third-order valence-corrected chi connectivity index (χ3v) is 3.65. The molecule has 1 saturated carbocycles. The van der Waals surface area contributed by atoms with E-state index in [1.807, 2.05) is 0 Å². The third kappa shape index (κ3) is 1.60. The van der Waals surface area contributed by atoms with Gasteiger partial charge in [-0.2, -0.15) is 0 Å². The summed E-state index contributed by atoms with van der Waals surface area (Å²) in [6, 6.07) is 0.0700. The van der Waals surface area contributed by atoms with Crippen LogP contribution in [0.15, 0.2) is 11.0 Å². The molecule has 0 radical (unpaired) electrons. The Bertz CT molecular complexity index is 760. The van der Waals surface area contributed by atoms with E-state index >= 15 is 0 Å². The Morgan fingerprint density at radius 1 is 1.11 bits per heavy atom. The van der Waals surface area contributed by atoms with Gasteiger partial charge in [-0.25, -0.2) is 13.2 Å². The topological polar surface area (TPSA) is 22.0 Å². The summed E-state index contributed by atoms with van der Waals surface area (Å²) in [5.41, 5.74) is -0.276. The minimum absolute atomic E-state index is 0.0525. The van der Waals surface area contributed by atoms with Crippen LogP contribution in [0.1, 0.15) is 30.0 Å². The highest BCUT2D eigenvalue weighted by Crippen LogP contribution is 2.38. The third-order valence-electron chi connectivity index (χ3n) is 3.65. The number of fused-ring (bicyclic) bond motifs is 1. The first-order valence-corrected chi connectivity index (χ1v) is 6.12. The molecule has 0 amide bonds. The highest BCUT2D eigenvalue weighted by atomic mass is 19.2. The van der Waals surface area contributed by atoms with E-state index in [1.165, 1.54) is 13.1 Å². The van der Waals surface area contributed by atoms with Crippen LogP contribution in [-0.2, 0) is 0 Å². The highest BCUT2D eigenvalue weighted by Gasteiger charge is 2.29. The van der Waals surface area contributed by atoms with Crippen molar-refractivity contribution in [2.45, 2.75) is 32.7 Å². The van der Waals surface area contributed by atoms with Gasteiger partial charge in [-0.05, 0) is 26.7 Å². The van der Waals surface area contributed by atoms with Gasteiger partial charge in [0.2, 0.25) is 0 Å². The molecule has 0 N–H and O–H groups in total. The zero-order chi connectivity index (χ0) is 13.9. The molecular formula is C14H12F3NO. The van der Waals surface area contributed by atoms with Crippen LogP contribution in [0, 0.1) is 31.3 Å². The van der Waals surface area contributed by atoms with Crippen molar-refractivity contribution in [3.8, 4) is 0 Å². The van der Waals surface area contributed by atoms with Crippen LogP contribution in [-0.4, -0.2) is 4.57 Å². The Morgan fingerprint density at radius 3 is 2.32 bits per heavy atom. The molecule has 5 heteroatoms. The highest BCUT2D eigenvalue weighted by molar-refractivity contribution is 5.84. The maximum Gasteiger partial charge on any atom is 0.196 e. The monoisotopic (exact) mass is 267 g/mol. The lowest BCUT2D eigenvalue weighted by atomic mass is 10.0. The molecule has 100 valence electrons. The normalized spacial score (nSPS) is 15.2. The van der Waals surface area contributed by atoms with Gasteiger partial charge in [0.1, 0.15) is 0 Å². The molecule has 0 saturated heterocycles. The average molecular weight is 267 g/mol. The van der Waals surface area contributed by atoms with Gasteiger partial charge in [0, 0.05) is 23.4 Å². The summed E-state index contributed by atoms with van der Waals surface area (Å²) in [6.45, 7) is 2.90. The van der Waals surface area contributed by atoms with Gasteiger partial charge in [0.05, 0.1) is 10.9 Å². The smallest absolute Gasteiger partial charge is 0.196 e. The zero-order valence-corrected chi connectivity index (χ0v) is 10.6. The molecule has 3 rings (SSSR count). The molecule has 1 aliphatic carbocycles. The van der Waals surface area contributed by atoms with E-state index in [0.717, 1.165) is 12.8 Å². The number of rotatable bonds is 1. The van der Waals surface area contributed by atoms with Gasteiger partial charge in [-0.15, -0.1) is 0 Å². The molecule has 0 spiro atoms. The number of aryl methyl sites for hydroxylation is 2. The summed E-state index contributed by atoms with van der Waals surface area (Å²) in [4.78, 5) is 12.1. The van der Waals surface area contributed by atoms with Gasteiger partial charge in [0.25, 0.3) is 0 Å². The molecule has 1 aliphatic rings. The Balaban J connectivity index is 2.60. The Labute approximate surface area is 107 Å². The van der Waals surface area contributed by atoms with Gasteiger partial charge in [0.15, 0.2) is 22.9 Å². The molecule has 0 atom stereocenters. The number of halogens is 3. The Morgan fingerprint density at radius 2 is 1.74 bits per heavy atom. The van der Waals surface area contributed by atoms with Crippen LogP contribution in [0.5, 0.6) is 0 Å². The number of hydrogen-bond donors (Lipinski definition) is 0. The van der Waals surface area contributed by atoms with Gasteiger partial charge in [-0.1, -0.05) is 0 Å². The van der Waals surface area contributed by atoms with Gasteiger partial charge < -0.3 is 4.57 Å². The lowest BCUT2D eigenvalue weighted by Gasteiger charge is -2.14. The standard InChI is InChI=1S/C14H12F3NO/c1-6-5-18(8-3-4-8)13-9(14(6)19)7(2)10(15)11(16)12(13)17/h5,8H,3-4H2,1-2H3.